The van der Waals surface area contributed by atoms with Crippen LogP contribution < -0.4 is 0 Å². The lowest BCUT2D eigenvalue weighted by Crippen LogP contribution is -1.89. The molecule has 0 amide bonds. The van der Waals surface area contributed by atoms with Gasteiger partial charge in [-0.15, -0.1) is 0 Å². The Kier molecular flexibility index (Phi) is 2.22. The molecule has 0 bridgehead atoms. The van der Waals surface area contributed by atoms with Crippen molar-refractivity contribution in [2.75, 3.05) is 0 Å². The van der Waals surface area contributed by atoms with Gasteiger partial charge in [-0.1, -0.05) is 23.7 Å². The molecule has 0 atom stereocenters. The summed E-state index contributed by atoms with van der Waals surface area (Å²) in [6.45, 7) is 0. The molecule has 3 rings (SSSR count). The molecule has 2 aromatic carbocycles. The number of aromatic hydroxyl groups is 2. The van der Waals surface area contributed by atoms with Gasteiger partial charge in [-0.2, -0.15) is 0 Å². The highest BCUT2D eigenvalue weighted by atomic mass is 16.3. The molecule has 1 aliphatic rings. The molecule has 84 valence electrons. The number of benzene rings is 2. The molecular weight excluding hydrogens is 224 g/mol. The molecule has 0 spiro atoms. The fraction of sp³-hybridized carbons (Fsp3) is 0. The molecule has 0 fully saturated rings. The van der Waals surface area contributed by atoms with Crippen LogP contribution in [0.25, 0.3) is 0 Å². The summed E-state index contributed by atoms with van der Waals surface area (Å²) in [4.78, 5) is 0. The lowest BCUT2D eigenvalue weighted by molar-refractivity contribution is 0.474. The summed E-state index contributed by atoms with van der Waals surface area (Å²) < 4.78 is 0. The predicted octanol–water partition coefficient (Wildman–Crippen LogP) is 2.21. The van der Waals surface area contributed by atoms with E-state index >= 15 is 0 Å². The van der Waals surface area contributed by atoms with Crippen LogP contribution in [0.3, 0.4) is 0 Å². The van der Waals surface area contributed by atoms with Crippen molar-refractivity contribution in [1.82, 2.24) is 0 Å². The van der Waals surface area contributed by atoms with Gasteiger partial charge in [-0.3, -0.25) is 0 Å². The minimum absolute atomic E-state index is 0.177. The zero-order valence-electron chi connectivity index (χ0n) is 9.36. The SMILES string of the molecule is Oc1ccc2c(c1)C#Cc1ccc(O)cc1C#C2. The van der Waals surface area contributed by atoms with Gasteiger partial charge in [0.25, 0.3) is 0 Å². The van der Waals surface area contributed by atoms with E-state index in [2.05, 4.69) is 23.7 Å². The van der Waals surface area contributed by atoms with Crippen molar-refractivity contribution in [2.45, 2.75) is 0 Å². The summed E-state index contributed by atoms with van der Waals surface area (Å²) in [6, 6.07) is 9.84. The molecule has 18 heavy (non-hydrogen) atoms. The fourth-order valence-electron chi connectivity index (χ4n) is 1.76. The molecule has 2 heteroatoms. The smallest absolute Gasteiger partial charge is 0.116 e. The molecule has 0 unspecified atom stereocenters. The molecule has 2 N–H and O–H groups in total. The Labute approximate surface area is 105 Å². The Morgan fingerprint density at radius 3 is 1.39 bits per heavy atom. The van der Waals surface area contributed by atoms with Gasteiger partial charge in [-0.05, 0) is 36.4 Å². The molecule has 0 aromatic heterocycles. The first-order valence-electron chi connectivity index (χ1n) is 5.42. The largest absolute Gasteiger partial charge is 0.508 e. The van der Waals surface area contributed by atoms with Gasteiger partial charge in [0.1, 0.15) is 11.5 Å². The molecule has 0 saturated heterocycles. The number of hydrogen-bond acceptors (Lipinski definition) is 2. The van der Waals surface area contributed by atoms with Crippen molar-refractivity contribution < 1.29 is 10.2 Å². The van der Waals surface area contributed by atoms with Gasteiger partial charge in [0.05, 0.1) is 0 Å². The number of phenols is 2. The van der Waals surface area contributed by atoms with Gasteiger partial charge in [0, 0.05) is 22.3 Å². The number of fused-ring (bicyclic) bond motifs is 2. The maximum Gasteiger partial charge on any atom is 0.116 e. The highest BCUT2D eigenvalue weighted by molar-refractivity contribution is 5.62. The number of hydrogen-bond donors (Lipinski definition) is 2. The first kappa shape index (κ1) is 10.3. The van der Waals surface area contributed by atoms with Crippen molar-refractivity contribution in [3.63, 3.8) is 0 Å². The molecular formula is C16H8O2. The quantitative estimate of drug-likeness (QED) is 0.583. The molecule has 0 aliphatic heterocycles. The van der Waals surface area contributed by atoms with Crippen LogP contribution in [0.15, 0.2) is 36.4 Å². The molecule has 2 nitrogen and oxygen atoms in total. The standard InChI is InChI=1S/C16H8O2/c17-15-7-5-11-1-3-13-9-16(18)8-6-12(13)2-4-14(11)10-15/h5-10,17-18H. The van der Waals surface area contributed by atoms with Crippen LogP contribution in [0.2, 0.25) is 0 Å². The van der Waals surface area contributed by atoms with Crippen molar-refractivity contribution in [2.24, 2.45) is 0 Å². The van der Waals surface area contributed by atoms with E-state index in [9.17, 15) is 10.2 Å². The van der Waals surface area contributed by atoms with Crippen LogP contribution >= 0.6 is 0 Å². The Morgan fingerprint density at radius 1 is 0.556 bits per heavy atom. The van der Waals surface area contributed by atoms with E-state index in [1.54, 1.807) is 36.4 Å². The summed E-state index contributed by atoms with van der Waals surface area (Å²) in [5.41, 5.74) is 2.96. The van der Waals surface area contributed by atoms with E-state index in [1.165, 1.54) is 0 Å². The lowest BCUT2D eigenvalue weighted by atomic mass is 10.0. The monoisotopic (exact) mass is 232 g/mol. The maximum atomic E-state index is 9.43. The van der Waals surface area contributed by atoms with Crippen LogP contribution in [-0.4, -0.2) is 10.2 Å². The summed E-state index contributed by atoms with van der Waals surface area (Å²) in [6.07, 6.45) is 0. The third kappa shape index (κ3) is 1.77. The van der Waals surface area contributed by atoms with E-state index in [1.807, 2.05) is 0 Å². The van der Waals surface area contributed by atoms with Crippen LogP contribution in [0.5, 0.6) is 11.5 Å². The van der Waals surface area contributed by atoms with Crippen molar-refractivity contribution in [1.29, 1.82) is 0 Å². The van der Waals surface area contributed by atoms with Crippen LogP contribution in [0.1, 0.15) is 22.3 Å². The van der Waals surface area contributed by atoms with E-state index < -0.39 is 0 Å². The Balaban J connectivity index is 2.23. The van der Waals surface area contributed by atoms with Crippen molar-refractivity contribution in [3.05, 3.63) is 58.7 Å². The first-order chi connectivity index (χ1) is 8.72. The lowest BCUT2D eigenvalue weighted by Gasteiger charge is -2.02. The normalized spacial score (nSPS) is 10.7. The molecule has 0 heterocycles. The summed E-state index contributed by atoms with van der Waals surface area (Å²) >= 11 is 0. The second-order valence-electron chi connectivity index (χ2n) is 3.96. The zero-order chi connectivity index (χ0) is 12.5. The molecule has 0 saturated carbocycles. The maximum absolute atomic E-state index is 9.43. The van der Waals surface area contributed by atoms with Crippen LogP contribution in [-0.2, 0) is 0 Å². The van der Waals surface area contributed by atoms with E-state index in [-0.39, 0.29) is 11.5 Å². The third-order valence-electron chi connectivity index (χ3n) is 2.67. The molecule has 2 aromatic rings. The Morgan fingerprint density at radius 2 is 0.944 bits per heavy atom. The van der Waals surface area contributed by atoms with Gasteiger partial charge in [-0.25, -0.2) is 0 Å². The van der Waals surface area contributed by atoms with E-state index in [4.69, 9.17) is 0 Å². The highest BCUT2D eigenvalue weighted by Crippen LogP contribution is 2.19. The number of rotatable bonds is 0. The third-order valence-corrected chi connectivity index (χ3v) is 2.67. The summed E-state index contributed by atoms with van der Waals surface area (Å²) in [5.74, 6) is 12.3. The topological polar surface area (TPSA) is 40.5 Å². The Bertz CT molecular complexity index is 698. The summed E-state index contributed by atoms with van der Waals surface area (Å²) in [5, 5.41) is 18.9. The van der Waals surface area contributed by atoms with Crippen LogP contribution in [0.4, 0.5) is 0 Å². The van der Waals surface area contributed by atoms with Gasteiger partial charge >= 0.3 is 0 Å². The Hall–Kier alpha value is -2.84. The zero-order valence-corrected chi connectivity index (χ0v) is 9.36. The predicted molar refractivity (Wildman–Crippen MR) is 68.2 cm³/mol. The fourth-order valence-corrected chi connectivity index (χ4v) is 1.76. The van der Waals surface area contributed by atoms with Crippen molar-refractivity contribution >= 4 is 0 Å². The van der Waals surface area contributed by atoms with E-state index in [0.29, 0.717) is 11.1 Å². The molecule has 0 radical (unpaired) electrons. The minimum Gasteiger partial charge on any atom is -0.508 e. The van der Waals surface area contributed by atoms with Crippen molar-refractivity contribution in [3.8, 4) is 35.2 Å². The van der Waals surface area contributed by atoms with E-state index in [0.717, 1.165) is 11.1 Å². The van der Waals surface area contributed by atoms with Gasteiger partial charge < -0.3 is 10.2 Å². The average molecular weight is 232 g/mol. The minimum atomic E-state index is 0.177. The number of phenolic OH excluding ortho intramolecular Hbond substituents is 2. The van der Waals surface area contributed by atoms with Crippen LogP contribution in [0, 0.1) is 23.7 Å². The second kappa shape index (κ2) is 3.87. The molecule has 1 aliphatic carbocycles. The van der Waals surface area contributed by atoms with Gasteiger partial charge in [0.2, 0.25) is 0 Å². The highest BCUT2D eigenvalue weighted by Gasteiger charge is 2.04. The summed E-state index contributed by atoms with van der Waals surface area (Å²) in [7, 11) is 0. The van der Waals surface area contributed by atoms with Gasteiger partial charge in [0.15, 0.2) is 0 Å². The first-order valence-corrected chi connectivity index (χ1v) is 5.42. The average Bonchev–Trinajstić information content (AvgIpc) is 2.34. The second-order valence-corrected chi connectivity index (χ2v) is 3.96.